The van der Waals surface area contributed by atoms with Crippen molar-refractivity contribution in [3.05, 3.63) is 0 Å². The van der Waals surface area contributed by atoms with E-state index in [1.165, 1.54) is 7.11 Å². The van der Waals surface area contributed by atoms with E-state index in [1.54, 1.807) is 13.8 Å². The van der Waals surface area contributed by atoms with Gasteiger partial charge in [0.25, 0.3) is 0 Å². The summed E-state index contributed by atoms with van der Waals surface area (Å²) < 4.78 is 4.62. The maximum absolute atomic E-state index is 11.2. The molecule has 0 spiro atoms. The van der Waals surface area contributed by atoms with E-state index in [4.69, 9.17) is 0 Å². The Morgan fingerprint density at radius 1 is 1.67 bits per heavy atom. The predicted octanol–water partition coefficient (Wildman–Crippen LogP) is 0.0741. The van der Waals surface area contributed by atoms with E-state index < -0.39 is 5.41 Å². The van der Waals surface area contributed by atoms with E-state index in [0.29, 0.717) is 6.42 Å². The topological polar surface area (TPSA) is 55.4 Å². The molecule has 1 aliphatic heterocycles. The Bertz CT molecular complexity index is 214. The Kier molecular flexibility index (Phi) is 2.08. The highest BCUT2D eigenvalue weighted by Crippen LogP contribution is 2.28. The monoisotopic (exact) mass is 171 g/mol. The number of hydrogen-bond donors (Lipinski definition) is 1. The quantitative estimate of drug-likeness (QED) is 0.472. The molecule has 1 saturated heterocycles. The number of esters is 1. The molecule has 0 aromatic rings. The average Bonchev–Trinajstić information content (AvgIpc) is 1.96. The normalized spacial score (nSPS) is 22.6. The summed E-state index contributed by atoms with van der Waals surface area (Å²) in [4.78, 5) is 21.8. The molecule has 0 radical (unpaired) electrons. The summed E-state index contributed by atoms with van der Waals surface area (Å²) in [6, 6.07) is -0.0718. The summed E-state index contributed by atoms with van der Waals surface area (Å²) in [6.07, 6.45) is 0.419. The van der Waals surface area contributed by atoms with Crippen molar-refractivity contribution < 1.29 is 14.3 Å². The lowest BCUT2D eigenvalue weighted by Gasteiger charge is -2.38. The maximum Gasteiger partial charge on any atom is 0.313 e. The Labute approximate surface area is 71.3 Å². The lowest BCUT2D eigenvalue weighted by Crippen LogP contribution is -2.58. The second-order valence-corrected chi connectivity index (χ2v) is 3.54. The third-order valence-corrected chi connectivity index (χ3v) is 2.31. The summed E-state index contributed by atoms with van der Waals surface area (Å²) in [6.45, 7) is 3.53. The first-order chi connectivity index (χ1) is 5.48. The highest BCUT2D eigenvalue weighted by molar-refractivity contribution is 5.87. The molecule has 4 heteroatoms. The molecule has 1 aliphatic rings. The molecule has 0 bridgehead atoms. The van der Waals surface area contributed by atoms with Crippen molar-refractivity contribution in [3.63, 3.8) is 0 Å². The molecule has 1 rings (SSSR count). The fraction of sp³-hybridized carbons (Fsp3) is 0.750. The Hall–Kier alpha value is -1.06. The van der Waals surface area contributed by atoms with Gasteiger partial charge in [-0.25, -0.2) is 0 Å². The van der Waals surface area contributed by atoms with Crippen LogP contribution in [0.3, 0.4) is 0 Å². The van der Waals surface area contributed by atoms with Gasteiger partial charge in [-0.1, -0.05) is 0 Å². The fourth-order valence-electron chi connectivity index (χ4n) is 1.20. The number of nitrogens with one attached hydrogen (secondary N) is 1. The molecule has 0 saturated carbocycles. The molecule has 0 aliphatic carbocycles. The number of methoxy groups -OCH3 is 1. The lowest BCUT2D eigenvalue weighted by molar-refractivity contribution is -0.155. The van der Waals surface area contributed by atoms with Crippen LogP contribution in [0.4, 0.5) is 0 Å². The van der Waals surface area contributed by atoms with Crippen molar-refractivity contribution in [2.75, 3.05) is 7.11 Å². The van der Waals surface area contributed by atoms with Crippen molar-refractivity contribution >= 4 is 11.9 Å². The van der Waals surface area contributed by atoms with Crippen molar-refractivity contribution in [3.8, 4) is 0 Å². The first-order valence-corrected chi connectivity index (χ1v) is 3.86. The van der Waals surface area contributed by atoms with Gasteiger partial charge in [-0.2, -0.15) is 0 Å². The largest absolute Gasteiger partial charge is 0.469 e. The zero-order chi connectivity index (χ0) is 9.35. The Balaban J connectivity index is 2.59. The van der Waals surface area contributed by atoms with Crippen LogP contribution >= 0.6 is 0 Å². The molecule has 1 fully saturated rings. The van der Waals surface area contributed by atoms with Crippen molar-refractivity contribution in [1.29, 1.82) is 0 Å². The minimum Gasteiger partial charge on any atom is -0.469 e. The molecule has 68 valence electrons. The third kappa shape index (κ3) is 1.29. The van der Waals surface area contributed by atoms with Crippen LogP contribution in [0.25, 0.3) is 0 Å². The SMILES string of the molecule is COC(=O)C(C)(C)C1CC(=O)N1. The fourth-order valence-corrected chi connectivity index (χ4v) is 1.20. The van der Waals surface area contributed by atoms with Crippen LogP contribution in [0.15, 0.2) is 0 Å². The second kappa shape index (κ2) is 2.77. The predicted molar refractivity (Wildman–Crippen MR) is 42.3 cm³/mol. The van der Waals surface area contributed by atoms with Gasteiger partial charge in [-0.05, 0) is 13.8 Å². The zero-order valence-electron chi connectivity index (χ0n) is 7.51. The van der Waals surface area contributed by atoms with E-state index in [9.17, 15) is 9.59 Å². The smallest absolute Gasteiger partial charge is 0.313 e. The van der Waals surface area contributed by atoms with Gasteiger partial charge in [0.05, 0.1) is 18.6 Å². The molecular formula is C8H13NO3. The van der Waals surface area contributed by atoms with Crippen LogP contribution in [-0.4, -0.2) is 25.0 Å². The van der Waals surface area contributed by atoms with Gasteiger partial charge < -0.3 is 10.1 Å². The van der Waals surface area contributed by atoms with E-state index in [2.05, 4.69) is 10.1 Å². The third-order valence-electron chi connectivity index (χ3n) is 2.31. The van der Waals surface area contributed by atoms with Gasteiger partial charge in [0.15, 0.2) is 0 Å². The van der Waals surface area contributed by atoms with Crippen molar-refractivity contribution in [1.82, 2.24) is 5.32 Å². The first-order valence-electron chi connectivity index (χ1n) is 3.86. The summed E-state index contributed by atoms with van der Waals surface area (Å²) in [7, 11) is 1.35. The number of hydrogen-bond acceptors (Lipinski definition) is 3. The van der Waals surface area contributed by atoms with Gasteiger partial charge in [0.2, 0.25) is 5.91 Å². The minimum atomic E-state index is -0.608. The van der Waals surface area contributed by atoms with Crippen LogP contribution in [0.2, 0.25) is 0 Å². The van der Waals surface area contributed by atoms with Crippen LogP contribution < -0.4 is 5.32 Å². The number of β-lactam (4-membered cyclic amide) rings is 1. The van der Waals surface area contributed by atoms with Gasteiger partial charge in [0.1, 0.15) is 0 Å². The van der Waals surface area contributed by atoms with Crippen LogP contribution in [0.5, 0.6) is 0 Å². The Morgan fingerprint density at radius 3 is 2.50 bits per heavy atom. The molecule has 0 aromatic carbocycles. The maximum atomic E-state index is 11.2. The van der Waals surface area contributed by atoms with Gasteiger partial charge in [-0.3, -0.25) is 9.59 Å². The molecular weight excluding hydrogens is 158 g/mol. The van der Waals surface area contributed by atoms with E-state index in [-0.39, 0.29) is 17.9 Å². The van der Waals surface area contributed by atoms with Gasteiger partial charge >= 0.3 is 5.97 Å². The minimum absolute atomic E-state index is 0.00280. The zero-order valence-corrected chi connectivity index (χ0v) is 7.51. The van der Waals surface area contributed by atoms with Gasteiger partial charge in [0, 0.05) is 6.42 Å². The molecule has 4 nitrogen and oxygen atoms in total. The average molecular weight is 171 g/mol. The standard InChI is InChI=1S/C8H13NO3/c1-8(2,7(11)12-3)5-4-6(10)9-5/h5H,4H2,1-3H3,(H,9,10). The molecule has 1 heterocycles. The number of rotatable bonds is 2. The number of carbonyl (C=O) groups is 2. The van der Waals surface area contributed by atoms with Crippen molar-refractivity contribution in [2.45, 2.75) is 26.3 Å². The number of amides is 1. The summed E-state index contributed by atoms with van der Waals surface area (Å²) in [5.41, 5.74) is -0.608. The van der Waals surface area contributed by atoms with E-state index in [0.717, 1.165) is 0 Å². The van der Waals surface area contributed by atoms with Crippen molar-refractivity contribution in [2.24, 2.45) is 5.41 Å². The van der Waals surface area contributed by atoms with Crippen LogP contribution in [-0.2, 0) is 14.3 Å². The molecule has 1 amide bonds. The van der Waals surface area contributed by atoms with E-state index >= 15 is 0 Å². The van der Waals surface area contributed by atoms with Gasteiger partial charge in [-0.15, -0.1) is 0 Å². The molecule has 1 atom stereocenters. The lowest BCUT2D eigenvalue weighted by atomic mass is 9.79. The number of carbonyl (C=O) groups excluding carboxylic acids is 2. The van der Waals surface area contributed by atoms with Crippen LogP contribution in [0, 0.1) is 5.41 Å². The highest BCUT2D eigenvalue weighted by atomic mass is 16.5. The molecule has 0 aromatic heterocycles. The van der Waals surface area contributed by atoms with E-state index in [1.807, 2.05) is 0 Å². The summed E-state index contributed by atoms with van der Waals surface area (Å²) >= 11 is 0. The highest BCUT2D eigenvalue weighted by Gasteiger charge is 2.44. The van der Waals surface area contributed by atoms with Crippen LogP contribution in [0.1, 0.15) is 20.3 Å². The summed E-state index contributed by atoms with van der Waals surface area (Å²) in [5.74, 6) is -0.288. The molecule has 1 N–H and O–H groups in total. The second-order valence-electron chi connectivity index (χ2n) is 3.54. The molecule has 12 heavy (non-hydrogen) atoms. The molecule has 1 unspecified atom stereocenters. The first kappa shape index (κ1) is 9.03. The Morgan fingerprint density at radius 2 is 2.17 bits per heavy atom. The number of ether oxygens (including phenoxy) is 1. The summed E-state index contributed by atoms with van der Waals surface area (Å²) in [5, 5.41) is 2.66.